The molecule has 0 bridgehead atoms. The molecule has 6 nitrogen and oxygen atoms in total. The van der Waals surface area contributed by atoms with E-state index < -0.39 is 28.0 Å². The third-order valence-corrected chi connectivity index (χ3v) is 7.27. The first-order valence-corrected chi connectivity index (χ1v) is 10.2. The Morgan fingerprint density at radius 1 is 1.04 bits per heavy atom. The highest BCUT2D eigenvalue weighted by Crippen LogP contribution is 2.35. The van der Waals surface area contributed by atoms with Gasteiger partial charge in [0.1, 0.15) is 6.04 Å². The number of hydrogen-bond acceptors (Lipinski definition) is 5. The van der Waals surface area contributed by atoms with Crippen LogP contribution in [0.5, 0.6) is 0 Å². The molecule has 0 spiro atoms. The summed E-state index contributed by atoms with van der Waals surface area (Å²) in [5, 5.41) is 1.62. The van der Waals surface area contributed by atoms with Gasteiger partial charge in [-0.15, -0.1) is 0 Å². The summed E-state index contributed by atoms with van der Waals surface area (Å²) in [5.41, 5.74) is 0.427. The summed E-state index contributed by atoms with van der Waals surface area (Å²) >= 11 is 1.38. The molecule has 2 aromatic carbocycles. The minimum absolute atomic E-state index is 0.128. The number of fused-ring (bicyclic) bond motifs is 2. The normalized spacial score (nSPS) is 23.4. The van der Waals surface area contributed by atoms with Crippen molar-refractivity contribution in [1.82, 2.24) is 4.31 Å². The molecule has 4 rings (SSSR count). The van der Waals surface area contributed by atoms with Gasteiger partial charge in [0.05, 0.1) is 11.4 Å². The van der Waals surface area contributed by atoms with E-state index in [9.17, 15) is 18.0 Å². The van der Waals surface area contributed by atoms with E-state index in [1.807, 2.05) is 30.3 Å². The topological polar surface area (TPSA) is 74.8 Å². The third-order valence-electron chi connectivity index (χ3n) is 4.24. The molecule has 2 saturated heterocycles. The monoisotopic (exact) mass is 362 g/mol. The number of carbonyl (C=O) groups excluding carboxylic acids is 2. The maximum absolute atomic E-state index is 12.8. The first-order chi connectivity index (χ1) is 11.5. The zero-order valence-corrected chi connectivity index (χ0v) is 14.2. The first-order valence-electron chi connectivity index (χ1n) is 7.46. The van der Waals surface area contributed by atoms with E-state index in [1.165, 1.54) is 11.8 Å². The molecule has 0 N–H and O–H groups in total. The summed E-state index contributed by atoms with van der Waals surface area (Å²) in [5.74, 6) is 0.0838. The quantitative estimate of drug-likeness (QED) is 0.726. The van der Waals surface area contributed by atoms with E-state index in [0.717, 1.165) is 20.0 Å². The highest BCUT2D eigenvalue weighted by atomic mass is 32.2. The van der Waals surface area contributed by atoms with Crippen molar-refractivity contribution in [3.63, 3.8) is 0 Å². The third kappa shape index (κ3) is 2.21. The van der Waals surface area contributed by atoms with Crippen LogP contribution in [0.4, 0.5) is 10.5 Å². The molecule has 0 aliphatic carbocycles. The largest absolute Gasteiger partial charge is 0.345 e. The number of urea groups is 1. The van der Waals surface area contributed by atoms with Crippen molar-refractivity contribution in [2.24, 2.45) is 0 Å². The molecule has 0 radical (unpaired) electrons. The number of anilines is 1. The predicted octanol–water partition coefficient (Wildman–Crippen LogP) is 2.05. The number of carbonyl (C=O) groups is 2. The van der Waals surface area contributed by atoms with Gasteiger partial charge in [0, 0.05) is 16.9 Å². The average molecular weight is 362 g/mol. The van der Waals surface area contributed by atoms with Crippen LogP contribution in [0.3, 0.4) is 0 Å². The van der Waals surface area contributed by atoms with E-state index >= 15 is 0 Å². The Morgan fingerprint density at radius 2 is 1.79 bits per heavy atom. The molecule has 2 heterocycles. The molecule has 1 atom stereocenters. The van der Waals surface area contributed by atoms with Crippen molar-refractivity contribution in [1.29, 1.82) is 0 Å². The van der Waals surface area contributed by atoms with Crippen molar-refractivity contribution in [2.75, 3.05) is 22.2 Å². The molecule has 3 amide bonds. The molecule has 2 aromatic rings. The van der Waals surface area contributed by atoms with Crippen LogP contribution in [-0.2, 0) is 14.8 Å². The van der Waals surface area contributed by atoms with Gasteiger partial charge in [-0.1, -0.05) is 36.4 Å². The second-order valence-electron chi connectivity index (χ2n) is 5.66. The second-order valence-corrected chi connectivity index (χ2v) is 8.77. The van der Waals surface area contributed by atoms with Gasteiger partial charge in [-0.05, 0) is 11.5 Å². The molecule has 1 unspecified atom stereocenters. The van der Waals surface area contributed by atoms with Crippen LogP contribution in [0.2, 0.25) is 0 Å². The molecular weight excluding hydrogens is 348 g/mol. The lowest BCUT2D eigenvalue weighted by molar-refractivity contribution is -0.118. The predicted molar refractivity (Wildman–Crippen MR) is 93.6 cm³/mol. The Balaban J connectivity index is 1.88. The van der Waals surface area contributed by atoms with Crippen molar-refractivity contribution < 1.29 is 18.0 Å². The summed E-state index contributed by atoms with van der Waals surface area (Å²) in [4.78, 5) is 26.6. The van der Waals surface area contributed by atoms with Crippen LogP contribution in [0, 0.1) is 0 Å². The maximum atomic E-state index is 12.8. The molecule has 0 saturated carbocycles. The second kappa shape index (κ2) is 5.49. The Labute approximate surface area is 143 Å². The Morgan fingerprint density at radius 3 is 2.62 bits per heavy atom. The van der Waals surface area contributed by atoms with Gasteiger partial charge in [0.2, 0.25) is 10.0 Å². The molecule has 2 fully saturated rings. The molecule has 24 heavy (non-hydrogen) atoms. The molecular formula is C16H14N2O4S2. The highest BCUT2D eigenvalue weighted by molar-refractivity contribution is 8.01. The van der Waals surface area contributed by atoms with E-state index in [4.69, 9.17) is 0 Å². The fourth-order valence-electron chi connectivity index (χ4n) is 3.11. The van der Waals surface area contributed by atoms with E-state index in [-0.39, 0.29) is 5.75 Å². The molecule has 2 aliphatic heterocycles. The number of hydrogen-bond donors (Lipinski definition) is 0. The van der Waals surface area contributed by atoms with Gasteiger partial charge < -0.3 is 0 Å². The van der Waals surface area contributed by atoms with Crippen molar-refractivity contribution in [3.05, 3.63) is 42.5 Å². The number of rotatable bonds is 1. The minimum Gasteiger partial charge on any atom is -0.271 e. The number of benzene rings is 2. The van der Waals surface area contributed by atoms with Crippen molar-refractivity contribution >= 4 is 50.2 Å². The lowest BCUT2D eigenvalue weighted by Gasteiger charge is -2.18. The summed E-state index contributed by atoms with van der Waals surface area (Å²) in [6.07, 6.45) is 0. The highest BCUT2D eigenvalue weighted by Gasteiger charge is 2.52. The van der Waals surface area contributed by atoms with Gasteiger partial charge >= 0.3 is 6.03 Å². The van der Waals surface area contributed by atoms with Gasteiger partial charge in [-0.2, -0.15) is 11.8 Å². The number of imide groups is 1. The Hall–Kier alpha value is -2.06. The van der Waals surface area contributed by atoms with E-state index in [1.54, 1.807) is 12.1 Å². The van der Waals surface area contributed by atoms with Gasteiger partial charge in [-0.25, -0.2) is 22.4 Å². The summed E-state index contributed by atoms with van der Waals surface area (Å²) in [6.45, 7) is 0. The Kier molecular flexibility index (Phi) is 3.54. The van der Waals surface area contributed by atoms with E-state index in [0.29, 0.717) is 17.2 Å². The summed E-state index contributed by atoms with van der Waals surface area (Å²) in [7, 11) is -3.77. The van der Waals surface area contributed by atoms with Crippen LogP contribution >= 0.6 is 11.8 Å². The van der Waals surface area contributed by atoms with Crippen LogP contribution < -0.4 is 4.90 Å². The summed E-state index contributed by atoms with van der Waals surface area (Å²) < 4.78 is 25.6. The zero-order chi connectivity index (χ0) is 16.9. The summed E-state index contributed by atoms with van der Waals surface area (Å²) in [6, 6.07) is 11.0. The average Bonchev–Trinajstić information content (AvgIpc) is 2.71. The SMILES string of the molecule is O=C1C2CSCCS(=O)(=O)N2C(=O)N1c1cccc2ccccc12. The standard InChI is InChI=1S/C16H14N2O4S2/c19-15-14-10-23-8-9-24(21,22)18(14)16(20)17(15)13-7-3-5-11-4-1-2-6-12(11)13/h1-7,14H,8-10H2. The maximum Gasteiger partial charge on any atom is 0.345 e. The van der Waals surface area contributed by atoms with Crippen LogP contribution in [0.15, 0.2) is 42.5 Å². The minimum atomic E-state index is -3.77. The van der Waals surface area contributed by atoms with Crippen LogP contribution in [0.25, 0.3) is 10.8 Å². The van der Waals surface area contributed by atoms with Crippen molar-refractivity contribution in [2.45, 2.75) is 6.04 Å². The van der Waals surface area contributed by atoms with Gasteiger partial charge in [0.15, 0.2) is 0 Å². The van der Waals surface area contributed by atoms with Crippen molar-refractivity contribution in [3.8, 4) is 0 Å². The molecule has 0 aromatic heterocycles. The number of amides is 3. The number of sulfonamides is 1. The van der Waals surface area contributed by atoms with Gasteiger partial charge in [0.25, 0.3) is 5.91 Å². The van der Waals surface area contributed by atoms with Crippen LogP contribution in [-0.4, -0.2) is 48.0 Å². The lowest BCUT2D eigenvalue weighted by atomic mass is 10.1. The fraction of sp³-hybridized carbons (Fsp3) is 0.250. The smallest absolute Gasteiger partial charge is 0.271 e. The molecule has 2 aliphatic rings. The van der Waals surface area contributed by atoms with Crippen LogP contribution in [0.1, 0.15) is 0 Å². The Bertz CT molecular complexity index is 952. The van der Waals surface area contributed by atoms with Gasteiger partial charge in [-0.3, -0.25) is 4.79 Å². The number of nitrogens with zero attached hydrogens (tertiary/aromatic N) is 2. The lowest BCUT2D eigenvalue weighted by Crippen LogP contribution is -2.41. The number of thioether (sulfide) groups is 1. The fourth-order valence-corrected chi connectivity index (χ4v) is 6.27. The zero-order valence-electron chi connectivity index (χ0n) is 12.6. The molecule has 124 valence electrons. The van der Waals surface area contributed by atoms with E-state index in [2.05, 4.69) is 0 Å². The first kappa shape index (κ1) is 15.5. The molecule has 8 heteroatoms.